The molecule has 1 fully saturated rings. The molecule has 4 heteroatoms. The molecule has 0 radical (unpaired) electrons. The number of nitrogens with zero attached hydrogens (tertiary/aromatic N) is 1. The van der Waals surface area contributed by atoms with Gasteiger partial charge in [-0.3, -0.25) is 0 Å². The van der Waals surface area contributed by atoms with Crippen LogP contribution in [0.25, 0.3) is 0 Å². The van der Waals surface area contributed by atoms with E-state index in [1.807, 2.05) is 0 Å². The molecule has 0 aromatic rings. The SMILES string of the molecule is CC(C)CN(CC(C)C)C(=S)NCC1CCCO1. The summed E-state index contributed by atoms with van der Waals surface area (Å²) in [6.45, 7) is 12.7. The molecule has 0 aliphatic carbocycles. The lowest BCUT2D eigenvalue weighted by Crippen LogP contribution is -2.45. The summed E-state index contributed by atoms with van der Waals surface area (Å²) in [5.74, 6) is 1.26. The molecule has 1 aliphatic heterocycles. The minimum atomic E-state index is 0.350. The van der Waals surface area contributed by atoms with E-state index in [0.717, 1.165) is 37.8 Å². The van der Waals surface area contributed by atoms with Crippen molar-refractivity contribution in [2.45, 2.75) is 46.6 Å². The Morgan fingerprint density at radius 3 is 2.33 bits per heavy atom. The summed E-state index contributed by atoms with van der Waals surface area (Å²) in [7, 11) is 0. The monoisotopic (exact) mass is 272 g/mol. The largest absolute Gasteiger partial charge is 0.376 e. The molecule has 1 saturated heterocycles. The first-order valence-electron chi connectivity index (χ1n) is 7.13. The first-order chi connectivity index (χ1) is 8.49. The summed E-state index contributed by atoms with van der Waals surface area (Å²) in [6.07, 6.45) is 2.69. The van der Waals surface area contributed by atoms with E-state index < -0.39 is 0 Å². The molecule has 1 aliphatic rings. The minimum Gasteiger partial charge on any atom is -0.376 e. The third-order valence-electron chi connectivity index (χ3n) is 2.96. The highest BCUT2D eigenvalue weighted by Crippen LogP contribution is 2.11. The number of hydrogen-bond acceptors (Lipinski definition) is 2. The van der Waals surface area contributed by atoms with Crippen molar-refractivity contribution in [1.29, 1.82) is 0 Å². The van der Waals surface area contributed by atoms with Crippen molar-refractivity contribution < 1.29 is 4.74 Å². The van der Waals surface area contributed by atoms with Gasteiger partial charge in [0.25, 0.3) is 0 Å². The van der Waals surface area contributed by atoms with Crippen molar-refractivity contribution in [1.82, 2.24) is 10.2 Å². The second-order valence-electron chi connectivity index (χ2n) is 6.01. The summed E-state index contributed by atoms with van der Waals surface area (Å²) >= 11 is 5.51. The van der Waals surface area contributed by atoms with Crippen molar-refractivity contribution in [3.8, 4) is 0 Å². The smallest absolute Gasteiger partial charge is 0.169 e. The van der Waals surface area contributed by atoms with E-state index in [1.165, 1.54) is 6.42 Å². The number of ether oxygens (including phenoxy) is 1. The van der Waals surface area contributed by atoms with Gasteiger partial charge in [-0.2, -0.15) is 0 Å². The standard InChI is InChI=1S/C14H28N2OS/c1-11(2)9-16(10-12(3)4)14(18)15-8-13-6-5-7-17-13/h11-13H,5-10H2,1-4H3,(H,15,18). The van der Waals surface area contributed by atoms with Gasteiger partial charge < -0.3 is 15.0 Å². The molecule has 0 aromatic carbocycles. The van der Waals surface area contributed by atoms with E-state index in [0.29, 0.717) is 17.9 Å². The van der Waals surface area contributed by atoms with Crippen LogP contribution in [0.3, 0.4) is 0 Å². The average molecular weight is 272 g/mol. The van der Waals surface area contributed by atoms with Crippen LogP contribution < -0.4 is 5.32 Å². The highest BCUT2D eigenvalue weighted by Gasteiger charge is 2.18. The Kier molecular flexibility index (Phi) is 6.94. The van der Waals surface area contributed by atoms with Crippen molar-refractivity contribution in [2.75, 3.05) is 26.2 Å². The summed E-state index contributed by atoms with van der Waals surface area (Å²) in [4.78, 5) is 2.29. The van der Waals surface area contributed by atoms with Crippen LogP contribution in [0.2, 0.25) is 0 Å². The molecule has 0 amide bonds. The lowest BCUT2D eigenvalue weighted by molar-refractivity contribution is 0.113. The molecule has 0 spiro atoms. The summed E-state index contributed by atoms with van der Waals surface area (Å²) < 4.78 is 5.60. The Morgan fingerprint density at radius 1 is 1.28 bits per heavy atom. The zero-order valence-electron chi connectivity index (χ0n) is 12.2. The van der Waals surface area contributed by atoms with Gasteiger partial charge in [0.2, 0.25) is 0 Å². The van der Waals surface area contributed by atoms with Crippen molar-refractivity contribution >= 4 is 17.3 Å². The maximum Gasteiger partial charge on any atom is 0.169 e. The molecule has 3 nitrogen and oxygen atoms in total. The van der Waals surface area contributed by atoms with Gasteiger partial charge in [-0.1, -0.05) is 27.7 Å². The van der Waals surface area contributed by atoms with Crippen LogP contribution in [0.1, 0.15) is 40.5 Å². The van der Waals surface area contributed by atoms with Gasteiger partial charge in [0, 0.05) is 26.2 Å². The summed E-state index contributed by atoms with van der Waals surface area (Å²) in [6, 6.07) is 0. The number of nitrogens with one attached hydrogen (secondary N) is 1. The third-order valence-corrected chi connectivity index (χ3v) is 3.37. The zero-order chi connectivity index (χ0) is 13.5. The molecule has 1 atom stereocenters. The number of thiocarbonyl (C=S) groups is 1. The summed E-state index contributed by atoms with van der Waals surface area (Å²) in [5.41, 5.74) is 0. The predicted octanol–water partition coefficient (Wildman–Crippen LogP) is 2.65. The highest BCUT2D eigenvalue weighted by atomic mass is 32.1. The maximum absolute atomic E-state index is 5.60. The minimum absolute atomic E-state index is 0.350. The van der Waals surface area contributed by atoms with Gasteiger partial charge in [-0.25, -0.2) is 0 Å². The molecule has 1 rings (SSSR count). The van der Waals surface area contributed by atoms with Gasteiger partial charge in [0.05, 0.1) is 6.10 Å². The molecule has 18 heavy (non-hydrogen) atoms. The Balaban J connectivity index is 2.36. The number of hydrogen-bond donors (Lipinski definition) is 1. The van der Waals surface area contributed by atoms with Gasteiger partial charge in [0.1, 0.15) is 0 Å². The second kappa shape index (κ2) is 7.95. The fourth-order valence-corrected chi connectivity index (χ4v) is 2.47. The summed E-state index contributed by atoms with van der Waals surface area (Å²) in [5, 5.41) is 4.25. The van der Waals surface area contributed by atoms with Crippen LogP contribution in [0.4, 0.5) is 0 Å². The average Bonchev–Trinajstić information content (AvgIpc) is 2.76. The maximum atomic E-state index is 5.60. The fraction of sp³-hybridized carbons (Fsp3) is 0.929. The predicted molar refractivity (Wildman–Crippen MR) is 80.8 cm³/mol. The zero-order valence-corrected chi connectivity index (χ0v) is 13.1. The van der Waals surface area contributed by atoms with Crippen LogP contribution in [0.15, 0.2) is 0 Å². The van der Waals surface area contributed by atoms with Crippen LogP contribution >= 0.6 is 12.2 Å². The Labute approximate surface area is 117 Å². The molecular weight excluding hydrogens is 244 g/mol. The quantitative estimate of drug-likeness (QED) is 0.751. The van der Waals surface area contributed by atoms with E-state index in [9.17, 15) is 0 Å². The second-order valence-corrected chi connectivity index (χ2v) is 6.40. The molecule has 1 unspecified atom stereocenters. The Morgan fingerprint density at radius 2 is 1.89 bits per heavy atom. The van der Waals surface area contributed by atoms with Gasteiger partial charge in [-0.05, 0) is 36.9 Å². The van der Waals surface area contributed by atoms with E-state index >= 15 is 0 Å². The molecule has 1 heterocycles. The lowest BCUT2D eigenvalue weighted by Gasteiger charge is -2.29. The van der Waals surface area contributed by atoms with Crippen molar-refractivity contribution in [3.63, 3.8) is 0 Å². The van der Waals surface area contributed by atoms with Gasteiger partial charge in [-0.15, -0.1) is 0 Å². The number of rotatable bonds is 6. The molecule has 1 N–H and O–H groups in total. The van der Waals surface area contributed by atoms with Gasteiger partial charge >= 0.3 is 0 Å². The molecule has 0 aromatic heterocycles. The molecule has 0 bridgehead atoms. The van der Waals surface area contributed by atoms with E-state index in [2.05, 4.69) is 37.9 Å². The van der Waals surface area contributed by atoms with E-state index in [1.54, 1.807) is 0 Å². The van der Waals surface area contributed by atoms with Crippen molar-refractivity contribution in [3.05, 3.63) is 0 Å². The van der Waals surface area contributed by atoms with E-state index in [-0.39, 0.29) is 0 Å². The van der Waals surface area contributed by atoms with Gasteiger partial charge in [0.15, 0.2) is 5.11 Å². The third kappa shape index (κ3) is 6.01. The molecule has 106 valence electrons. The highest BCUT2D eigenvalue weighted by molar-refractivity contribution is 7.80. The molecular formula is C14H28N2OS. The Bertz CT molecular complexity index is 240. The Hall–Kier alpha value is -0.350. The normalized spacial score (nSPS) is 19.6. The first kappa shape index (κ1) is 15.7. The van der Waals surface area contributed by atoms with Crippen LogP contribution in [-0.4, -0.2) is 42.4 Å². The molecule has 0 saturated carbocycles. The first-order valence-corrected chi connectivity index (χ1v) is 7.54. The fourth-order valence-electron chi connectivity index (χ4n) is 2.24. The van der Waals surface area contributed by atoms with Crippen LogP contribution in [-0.2, 0) is 4.74 Å². The van der Waals surface area contributed by atoms with Crippen LogP contribution in [0, 0.1) is 11.8 Å². The van der Waals surface area contributed by atoms with E-state index in [4.69, 9.17) is 17.0 Å². The lowest BCUT2D eigenvalue weighted by atomic mass is 10.1. The van der Waals surface area contributed by atoms with Crippen LogP contribution in [0.5, 0.6) is 0 Å². The van der Waals surface area contributed by atoms with Crippen molar-refractivity contribution in [2.24, 2.45) is 11.8 Å². The topological polar surface area (TPSA) is 24.5 Å².